The third kappa shape index (κ3) is 2.06. The van der Waals surface area contributed by atoms with Crippen LogP contribution >= 0.6 is 0 Å². The van der Waals surface area contributed by atoms with Gasteiger partial charge in [0.1, 0.15) is 0 Å². The van der Waals surface area contributed by atoms with Gasteiger partial charge in [0, 0.05) is 5.56 Å². The van der Waals surface area contributed by atoms with E-state index in [0.717, 1.165) is 5.56 Å². The fourth-order valence-electron chi connectivity index (χ4n) is 2.20. The average Bonchev–Trinajstić information content (AvgIpc) is 2.27. The third-order valence-corrected chi connectivity index (χ3v) is 4.10. The Morgan fingerprint density at radius 1 is 1.11 bits per heavy atom. The van der Waals surface area contributed by atoms with Crippen molar-refractivity contribution in [2.45, 2.75) is 45.3 Å². The average molecular weight is 261 g/mol. The number of fused-ring (bicyclic) bond motifs is 1. The Labute approximate surface area is 113 Å². The van der Waals surface area contributed by atoms with Crippen molar-refractivity contribution in [2.24, 2.45) is 0 Å². The first kappa shape index (κ1) is 13.7. The number of carbonyl (C=O) groups excluding carboxylic acids is 2. The molecule has 0 fully saturated rings. The van der Waals surface area contributed by atoms with Crippen LogP contribution in [-0.2, 0) is 11.2 Å². The van der Waals surface area contributed by atoms with Crippen LogP contribution in [0.15, 0.2) is 24.3 Å². The molecule has 0 atom stereocenters. The van der Waals surface area contributed by atoms with Gasteiger partial charge in [-0.25, -0.2) is 0 Å². The second-order valence-electron chi connectivity index (χ2n) is 5.99. The summed E-state index contributed by atoms with van der Waals surface area (Å²) in [4.78, 5) is 26.0. The molecule has 1 aromatic carbocycles. The van der Waals surface area contributed by atoms with Crippen molar-refractivity contribution in [3.05, 3.63) is 35.4 Å². The highest BCUT2D eigenvalue weighted by Crippen LogP contribution is 2.33. The quantitative estimate of drug-likeness (QED) is 0.825. The summed E-state index contributed by atoms with van der Waals surface area (Å²) in [6.07, 6.45) is 0.196. The van der Waals surface area contributed by atoms with Crippen LogP contribution in [0.2, 0.25) is 0 Å². The van der Waals surface area contributed by atoms with Gasteiger partial charge in [-0.1, -0.05) is 18.2 Å². The van der Waals surface area contributed by atoms with Crippen molar-refractivity contribution in [2.75, 3.05) is 0 Å². The van der Waals surface area contributed by atoms with Gasteiger partial charge < -0.3 is 5.11 Å². The lowest BCUT2D eigenvalue weighted by Crippen LogP contribution is -2.63. The fraction of sp³-hybridized carbons (Fsp3) is 0.467. The van der Waals surface area contributed by atoms with Crippen molar-refractivity contribution in [3.63, 3.8) is 0 Å². The Hall–Kier alpha value is -1.68. The highest BCUT2D eigenvalue weighted by Gasteiger charge is 2.48. The van der Waals surface area contributed by atoms with Crippen LogP contribution in [0.4, 0.5) is 0 Å². The normalized spacial score (nSPS) is 16.6. The zero-order valence-electron chi connectivity index (χ0n) is 11.7. The van der Waals surface area contributed by atoms with Crippen molar-refractivity contribution in [3.8, 4) is 0 Å². The molecule has 4 heteroatoms. The second kappa shape index (κ2) is 4.17. The molecule has 1 heterocycles. The molecule has 19 heavy (non-hydrogen) atoms. The lowest BCUT2D eigenvalue weighted by Gasteiger charge is -2.46. The Morgan fingerprint density at radius 2 is 1.68 bits per heavy atom. The van der Waals surface area contributed by atoms with Gasteiger partial charge in [0.15, 0.2) is 0 Å². The fourth-order valence-corrected chi connectivity index (χ4v) is 2.20. The number of amides is 2. The Balaban J connectivity index is 2.51. The minimum atomic E-state index is -1.18. The molecule has 0 saturated heterocycles. The molecule has 0 spiro atoms. The van der Waals surface area contributed by atoms with Crippen molar-refractivity contribution in [1.82, 2.24) is 4.90 Å². The topological polar surface area (TPSA) is 57.6 Å². The summed E-state index contributed by atoms with van der Waals surface area (Å²) in [6, 6.07) is 7.11. The number of hydrogen-bond acceptors (Lipinski definition) is 3. The lowest BCUT2D eigenvalue weighted by atomic mass is 9.82. The second-order valence-corrected chi connectivity index (χ2v) is 5.99. The summed E-state index contributed by atoms with van der Waals surface area (Å²) < 4.78 is 0. The number of benzene rings is 1. The molecule has 1 aliphatic rings. The van der Waals surface area contributed by atoms with Gasteiger partial charge in [-0.05, 0) is 39.3 Å². The SMILES string of the molecule is CC(C)(O)C(C)(C)N1C(=O)Cc2ccccc2C1=O. The molecule has 1 aromatic rings. The summed E-state index contributed by atoms with van der Waals surface area (Å²) in [5.41, 5.74) is -0.848. The molecule has 102 valence electrons. The van der Waals surface area contributed by atoms with E-state index in [1.807, 2.05) is 6.07 Å². The third-order valence-electron chi connectivity index (χ3n) is 4.10. The van der Waals surface area contributed by atoms with E-state index in [9.17, 15) is 14.7 Å². The summed E-state index contributed by atoms with van der Waals surface area (Å²) >= 11 is 0. The number of carbonyl (C=O) groups is 2. The van der Waals surface area contributed by atoms with Crippen LogP contribution in [0.25, 0.3) is 0 Å². The Bertz CT molecular complexity index is 541. The van der Waals surface area contributed by atoms with Crippen LogP contribution in [0, 0.1) is 0 Å². The minimum Gasteiger partial charge on any atom is -0.388 e. The maximum atomic E-state index is 12.5. The maximum Gasteiger partial charge on any atom is 0.261 e. The number of nitrogens with zero attached hydrogens (tertiary/aromatic N) is 1. The van der Waals surface area contributed by atoms with E-state index in [1.54, 1.807) is 45.9 Å². The molecule has 0 bridgehead atoms. The molecule has 1 N–H and O–H groups in total. The molecule has 4 nitrogen and oxygen atoms in total. The first-order chi connectivity index (χ1) is 8.66. The maximum absolute atomic E-state index is 12.5. The van der Waals surface area contributed by atoms with Gasteiger partial charge in [0.25, 0.3) is 5.91 Å². The number of imide groups is 1. The van der Waals surface area contributed by atoms with Gasteiger partial charge in [0.2, 0.25) is 5.91 Å². The first-order valence-corrected chi connectivity index (χ1v) is 6.34. The van der Waals surface area contributed by atoms with Crippen molar-refractivity contribution in [1.29, 1.82) is 0 Å². The summed E-state index contributed by atoms with van der Waals surface area (Å²) in [7, 11) is 0. The Morgan fingerprint density at radius 3 is 2.26 bits per heavy atom. The molecule has 0 aliphatic carbocycles. The summed E-state index contributed by atoms with van der Waals surface area (Å²) in [5.74, 6) is -0.602. The molecule has 2 amide bonds. The molecule has 0 aromatic heterocycles. The predicted octanol–water partition coefficient (Wildman–Crippen LogP) is 1.76. The molecule has 0 saturated carbocycles. The summed E-state index contributed by atoms with van der Waals surface area (Å²) in [6.45, 7) is 6.62. The smallest absolute Gasteiger partial charge is 0.261 e. The van der Waals surface area contributed by atoms with Crippen LogP contribution in [0.1, 0.15) is 43.6 Å². The van der Waals surface area contributed by atoms with Crippen LogP contribution in [0.5, 0.6) is 0 Å². The van der Waals surface area contributed by atoms with Crippen LogP contribution in [0.3, 0.4) is 0 Å². The highest BCUT2D eigenvalue weighted by molar-refractivity contribution is 6.10. The molecule has 2 rings (SSSR count). The molecular formula is C15H19NO3. The predicted molar refractivity (Wildman–Crippen MR) is 71.7 cm³/mol. The monoisotopic (exact) mass is 261 g/mol. The summed E-state index contributed by atoms with van der Waals surface area (Å²) in [5, 5.41) is 10.2. The van der Waals surface area contributed by atoms with Gasteiger partial charge in [-0.15, -0.1) is 0 Å². The number of rotatable bonds is 2. The van der Waals surface area contributed by atoms with E-state index < -0.39 is 11.1 Å². The largest absolute Gasteiger partial charge is 0.388 e. The van der Waals surface area contributed by atoms with E-state index in [-0.39, 0.29) is 18.2 Å². The number of hydrogen-bond donors (Lipinski definition) is 1. The van der Waals surface area contributed by atoms with Gasteiger partial charge in [-0.2, -0.15) is 0 Å². The van der Waals surface area contributed by atoms with Gasteiger partial charge in [0.05, 0.1) is 17.6 Å². The number of aliphatic hydroxyl groups is 1. The van der Waals surface area contributed by atoms with Crippen LogP contribution in [-0.4, -0.2) is 33.0 Å². The molecular weight excluding hydrogens is 242 g/mol. The van der Waals surface area contributed by atoms with Crippen molar-refractivity contribution < 1.29 is 14.7 Å². The minimum absolute atomic E-state index is 0.196. The lowest BCUT2D eigenvalue weighted by molar-refractivity contribution is -0.141. The standard InChI is InChI=1S/C15H19NO3/c1-14(2,15(3,4)19)16-12(17)9-10-7-5-6-8-11(10)13(16)18/h5-8,19H,9H2,1-4H3. The first-order valence-electron chi connectivity index (χ1n) is 6.34. The van der Waals surface area contributed by atoms with E-state index in [4.69, 9.17) is 0 Å². The zero-order valence-corrected chi connectivity index (χ0v) is 11.7. The van der Waals surface area contributed by atoms with E-state index in [1.165, 1.54) is 4.90 Å². The van der Waals surface area contributed by atoms with Gasteiger partial charge in [-0.3, -0.25) is 14.5 Å². The van der Waals surface area contributed by atoms with Crippen LogP contribution < -0.4 is 0 Å². The molecule has 1 aliphatic heterocycles. The van der Waals surface area contributed by atoms with E-state index in [0.29, 0.717) is 5.56 Å². The van der Waals surface area contributed by atoms with Crippen molar-refractivity contribution >= 4 is 11.8 Å². The van der Waals surface area contributed by atoms with E-state index in [2.05, 4.69) is 0 Å². The molecule has 0 radical (unpaired) electrons. The van der Waals surface area contributed by atoms with Gasteiger partial charge >= 0.3 is 0 Å². The highest BCUT2D eigenvalue weighted by atomic mass is 16.3. The Kier molecular flexibility index (Phi) is 3.01. The zero-order chi connectivity index (χ0) is 14.4. The van der Waals surface area contributed by atoms with E-state index >= 15 is 0 Å². The molecule has 0 unspecified atom stereocenters.